The molecule has 0 aliphatic carbocycles. The lowest BCUT2D eigenvalue weighted by Gasteiger charge is -2.10. The Hall–Kier alpha value is -1.75. The van der Waals surface area contributed by atoms with Gasteiger partial charge in [-0.15, -0.1) is 0 Å². The third-order valence-corrected chi connectivity index (χ3v) is 3.29. The zero-order valence-electron chi connectivity index (χ0n) is 14.3. The van der Waals surface area contributed by atoms with Gasteiger partial charge in [0.2, 0.25) is 0 Å². The first-order valence-corrected chi connectivity index (χ1v) is 8.37. The third-order valence-electron chi connectivity index (χ3n) is 3.29. The van der Waals surface area contributed by atoms with E-state index >= 15 is 0 Å². The van der Waals surface area contributed by atoms with Gasteiger partial charge in [0.25, 0.3) is 5.91 Å². The highest BCUT2D eigenvalue weighted by atomic mass is 16.5. The number of hydrogen-bond acceptors (Lipinski definition) is 4. The number of ether oxygens (including phenoxy) is 3. The van der Waals surface area contributed by atoms with E-state index in [-0.39, 0.29) is 12.5 Å². The van der Waals surface area contributed by atoms with E-state index in [0.29, 0.717) is 25.5 Å². The lowest BCUT2D eigenvalue weighted by atomic mass is 10.2. The van der Waals surface area contributed by atoms with E-state index in [1.807, 2.05) is 24.3 Å². The molecule has 0 saturated heterocycles. The van der Waals surface area contributed by atoms with Gasteiger partial charge >= 0.3 is 0 Å². The van der Waals surface area contributed by atoms with Gasteiger partial charge in [-0.25, -0.2) is 0 Å². The van der Waals surface area contributed by atoms with Gasteiger partial charge in [0.1, 0.15) is 11.5 Å². The second-order valence-corrected chi connectivity index (χ2v) is 5.37. The molecule has 0 heterocycles. The number of hydrogen-bond donors (Lipinski definition) is 1. The topological polar surface area (TPSA) is 56.8 Å². The third kappa shape index (κ3) is 9.79. The van der Waals surface area contributed by atoms with Gasteiger partial charge in [0.15, 0.2) is 6.61 Å². The Morgan fingerprint density at radius 1 is 1.04 bits per heavy atom. The fourth-order valence-electron chi connectivity index (χ4n) is 2.02. The minimum absolute atomic E-state index is 0.00688. The van der Waals surface area contributed by atoms with Crippen molar-refractivity contribution in [3.63, 3.8) is 0 Å². The van der Waals surface area contributed by atoms with Crippen LogP contribution in [0, 0.1) is 0 Å². The molecule has 0 aliphatic heterocycles. The van der Waals surface area contributed by atoms with Crippen LogP contribution in [0.25, 0.3) is 0 Å². The minimum Gasteiger partial charge on any atom is -0.493 e. The molecule has 0 aliphatic rings. The summed E-state index contributed by atoms with van der Waals surface area (Å²) < 4.78 is 16.1. The Labute approximate surface area is 139 Å². The quantitative estimate of drug-likeness (QED) is 0.567. The summed E-state index contributed by atoms with van der Waals surface area (Å²) in [6.07, 6.45) is 5.51. The Bertz CT molecular complexity index is 437. The predicted octanol–water partition coefficient (Wildman–Crippen LogP) is 3.18. The van der Waals surface area contributed by atoms with Crippen LogP contribution in [-0.4, -0.2) is 39.4 Å². The average Bonchev–Trinajstić information content (AvgIpc) is 2.57. The van der Waals surface area contributed by atoms with Crippen LogP contribution in [0.3, 0.4) is 0 Å². The van der Waals surface area contributed by atoms with Crippen LogP contribution in [0.4, 0.5) is 0 Å². The van der Waals surface area contributed by atoms with Crippen molar-refractivity contribution >= 4 is 5.91 Å². The largest absolute Gasteiger partial charge is 0.493 e. The molecule has 1 aromatic rings. The number of benzene rings is 1. The molecule has 0 spiro atoms. The van der Waals surface area contributed by atoms with Gasteiger partial charge in [-0.3, -0.25) is 4.79 Å². The molecule has 130 valence electrons. The number of rotatable bonds is 13. The van der Waals surface area contributed by atoms with E-state index in [9.17, 15) is 4.79 Å². The molecular formula is C18H29NO4. The van der Waals surface area contributed by atoms with Crippen LogP contribution in [0.1, 0.15) is 39.0 Å². The second kappa shape index (κ2) is 12.8. The molecule has 1 N–H and O–H groups in total. The second-order valence-electron chi connectivity index (χ2n) is 5.37. The highest BCUT2D eigenvalue weighted by molar-refractivity contribution is 5.77. The standard InChI is InChI=1S/C18H29NO4/c1-3-4-5-6-13-22-16-9-7-10-17(14-16)23-15-18(20)19-11-8-12-21-2/h7,9-10,14H,3-6,8,11-13,15H2,1-2H3,(H,19,20). The van der Waals surface area contributed by atoms with Crippen LogP contribution in [0.2, 0.25) is 0 Å². The molecule has 0 unspecified atom stereocenters. The Balaban J connectivity index is 2.23. The summed E-state index contributed by atoms with van der Waals surface area (Å²) in [6, 6.07) is 7.41. The normalized spacial score (nSPS) is 10.3. The number of carbonyl (C=O) groups excluding carboxylic acids is 1. The lowest BCUT2D eigenvalue weighted by Crippen LogP contribution is -2.30. The molecule has 0 aromatic heterocycles. The van der Waals surface area contributed by atoms with Crippen molar-refractivity contribution in [2.24, 2.45) is 0 Å². The maximum atomic E-state index is 11.6. The molecule has 23 heavy (non-hydrogen) atoms. The number of amides is 1. The molecule has 1 aromatic carbocycles. The lowest BCUT2D eigenvalue weighted by molar-refractivity contribution is -0.123. The van der Waals surface area contributed by atoms with Crippen molar-refractivity contribution in [3.05, 3.63) is 24.3 Å². The first-order chi connectivity index (χ1) is 11.3. The fraction of sp³-hybridized carbons (Fsp3) is 0.611. The van der Waals surface area contributed by atoms with Crippen molar-refractivity contribution in [2.75, 3.05) is 33.5 Å². The van der Waals surface area contributed by atoms with E-state index in [1.54, 1.807) is 7.11 Å². The Kier molecular flexibility index (Phi) is 10.7. The van der Waals surface area contributed by atoms with Crippen LogP contribution in [0.5, 0.6) is 11.5 Å². The van der Waals surface area contributed by atoms with Crippen LogP contribution in [-0.2, 0) is 9.53 Å². The number of nitrogens with one attached hydrogen (secondary N) is 1. The number of unbranched alkanes of at least 4 members (excludes halogenated alkanes) is 3. The maximum absolute atomic E-state index is 11.6. The number of methoxy groups -OCH3 is 1. The van der Waals surface area contributed by atoms with Gasteiger partial charge in [-0.05, 0) is 25.0 Å². The Morgan fingerprint density at radius 2 is 1.83 bits per heavy atom. The van der Waals surface area contributed by atoms with Crippen LogP contribution < -0.4 is 14.8 Å². The van der Waals surface area contributed by atoms with E-state index in [1.165, 1.54) is 19.3 Å². The van der Waals surface area contributed by atoms with Crippen molar-refractivity contribution in [1.82, 2.24) is 5.32 Å². The van der Waals surface area contributed by atoms with Crippen molar-refractivity contribution in [1.29, 1.82) is 0 Å². The molecule has 0 radical (unpaired) electrons. The van der Waals surface area contributed by atoms with Gasteiger partial charge in [0, 0.05) is 26.3 Å². The summed E-state index contributed by atoms with van der Waals surface area (Å²) in [5.74, 6) is 1.29. The average molecular weight is 323 g/mol. The van der Waals surface area contributed by atoms with E-state index in [4.69, 9.17) is 14.2 Å². The molecule has 5 nitrogen and oxygen atoms in total. The van der Waals surface area contributed by atoms with Crippen molar-refractivity contribution in [2.45, 2.75) is 39.0 Å². The smallest absolute Gasteiger partial charge is 0.257 e. The summed E-state index contributed by atoms with van der Waals surface area (Å²) in [6.45, 7) is 4.14. The first kappa shape index (κ1) is 19.3. The molecule has 1 amide bonds. The molecule has 0 saturated carbocycles. The van der Waals surface area contributed by atoms with E-state index in [0.717, 1.165) is 18.6 Å². The first-order valence-electron chi connectivity index (χ1n) is 8.37. The molecule has 0 atom stereocenters. The van der Waals surface area contributed by atoms with Crippen molar-refractivity contribution < 1.29 is 19.0 Å². The summed E-state index contributed by atoms with van der Waals surface area (Å²) in [7, 11) is 1.64. The zero-order chi connectivity index (χ0) is 16.8. The van der Waals surface area contributed by atoms with Gasteiger partial charge < -0.3 is 19.5 Å². The zero-order valence-corrected chi connectivity index (χ0v) is 14.3. The number of carbonyl (C=O) groups is 1. The molecule has 5 heteroatoms. The molecule has 1 rings (SSSR count). The van der Waals surface area contributed by atoms with Gasteiger partial charge in [0.05, 0.1) is 6.61 Å². The Morgan fingerprint density at radius 3 is 2.57 bits per heavy atom. The fourth-order valence-corrected chi connectivity index (χ4v) is 2.02. The monoisotopic (exact) mass is 323 g/mol. The minimum atomic E-state index is -0.132. The molecule has 0 bridgehead atoms. The highest BCUT2D eigenvalue weighted by Crippen LogP contribution is 2.19. The summed E-state index contributed by atoms with van der Waals surface area (Å²) in [5.41, 5.74) is 0. The molecule has 0 fully saturated rings. The van der Waals surface area contributed by atoms with Gasteiger partial charge in [-0.2, -0.15) is 0 Å². The maximum Gasteiger partial charge on any atom is 0.257 e. The van der Waals surface area contributed by atoms with Crippen molar-refractivity contribution in [3.8, 4) is 11.5 Å². The van der Waals surface area contributed by atoms with E-state index in [2.05, 4.69) is 12.2 Å². The summed E-state index contributed by atoms with van der Waals surface area (Å²) >= 11 is 0. The van der Waals surface area contributed by atoms with Crippen LogP contribution >= 0.6 is 0 Å². The SMILES string of the molecule is CCCCCCOc1cccc(OCC(=O)NCCCOC)c1. The van der Waals surface area contributed by atoms with Gasteiger partial charge in [-0.1, -0.05) is 32.3 Å². The van der Waals surface area contributed by atoms with Crippen LogP contribution in [0.15, 0.2) is 24.3 Å². The predicted molar refractivity (Wildman–Crippen MR) is 91.1 cm³/mol. The van der Waals surface area contributed by atoms with E-state index < -0.39 is 0 Å². The highest BCUT2D eigenvalue weighted by Gasteiger charge is 2.03. The molecular weight excluding hydrogens is 294 g/mol. The summed E-state index contributed by atoms with van der Waals surface area (Å²) in [5, 5.41) is 2.78. The summed E-state index contributed by atoms with van der Waals surface area (Å²) in [4.78, 5) is 11.6.